The Morgan fingerprint density at radius 1 is 1.38 bits per heavy atom. The summed E-state index contributed by atoms with van der Waals surface area (Å²) in [6, 6.07) is 0. The van der Waals surface area contributed by atoms with E-state index >= 15 is 0 Å². The Morgan fingerprint density at radius 2 is 1.88 bits per heavy atom. The molecule has 0 amide bonds. The molecule has 5 heteroatoms. The van der Waals surface area contributed by atoms with Gasteiger partial charge in [-0.05, 0) is 31.9 Å². The average molecular weight is 245 g/mol. The first-order valence-electron chi connectivity index (χ1n) is 4.74. The van der Waals surface area contributed by atoms with Gasteiger partial charge in [0.15, 0.2) is 0 Å². The van der Waals surface area contributed by atoms with Crippen LogP contribution in [0, 0.1) is 11.3 Å². The van der Waals surface area contributed by atoms with Crippen LogP contribution in [0.5, 0.6) is 0 Å². The lowest BCUT2D eigenvalue weighted by atomic mass is 9.69. The van der Waals surface area contributed by atoms with Crippen molar-refractivity contribution in [1.29, 1.82) is 0 Å². The zero-order valence-corrected chi connectivity index (χ0v) is 10.00. The highest BCUT2D eigenvalue weighted by Crippen LogP contribution is 2.43. The highest BCUT2D eigenvalue weighted by atomic mass is 35.5. The summed E-state index contributed by atoms with van der Waals surface area (Å²) >= 11 is 5.94. The lowest BCUT2D eigenvalue weighted by Crippen LogP contribution is -2.41. The first-order valence-corrected chi connectivity index (χ1v) is 5.12. The Labute approximate surface area is 98.2 Å². The van der Waals surface area contributed by atoms with E-state index in [1.54, 1.807) is 13.8 Å². The summed E-state index contributed by atoms with van der Waals surface area (Å²) < 4.78 is 0. The summed E-state index contributed by atoms with van der Waals surface area (Å²) in [4.78, 5) is 22.4. The second kappa shape index (κ2) is 3.94. The molecule has 1 aliphatic rings. The van der Waals surface area contributed by atoms with Gasteiger partial charge in [-0.15, -0.1) is 0 Å². The summed E-state index contributed by atoms with van der Waals surface area (Å²) in [6.45, 7) is 4.62. The second-order valence-corrected chi connectivity index (χ2v) is 4.56. The van der Waals surface area contributed by atoms with Crippen molar-refractivity contribution in [2.45, 2.75) is 20.8 Å². The van der Waals surface area contributed by atoms with Crippen molar-refractivity contribution in [1.82, 2.24) is 0 Å². The normalized spacial score (nSPS) is 30.0. The summed E-state index contributed by atoms with van der Waals surface area (Å²) in [5.74, 6) is -3.46. The van der Waals surface area contributed by atoms with Gasteiger partial charge in [-0.25, -0.2) is 0 Å². The molecular weight excluding hydrogens is 232 g/mol. The van der Waals surface area contributed by atoms with E-state index in [-0.39, 0.29) is 0 Å². The van der Waals surface area contributed by atoms with Gasteiger partial charge in [0.1, 0.15) is 5.41 Å². The fraction of sp³-hybridized carbons (Fsp3) is 0.455. The van der Waals surface area contributed by atoms with Crippen molar-refractivity contribution >= 4 is 23.5 Å². The van der Waals surface area contributed by atoms with E-state index in [9.17, 15) is 9.59 Å². The molecule has 16 heavy (non-hydrogen) atoms. The molecule has 0 fully saturated rings. The molecule has 2 atom stereocenters. The maximum Gasteiger partial charge on any atom is 0.314 e. The third kappa shape index (κ3) is 1.73. The third-order valence-corrected chi connectivity index (χ3v) is 3.55. The Bertz CT molecular complexity index is 422. The predicted molar refractivity (Wildman–Crippen MR) is 59.2 cm³/mol. The molecule has 0 aliphatic heterocycles. The number of aliphatic carboxylic acids is 2. The zero-order chi connectivity index (χ0) is 12.7. The molecular formula is C11H13ClO4. The Hall–Kier alpha value is -1.29. The number of rotatable bonds is 2. The van der Waals surface area contributed by atoms with Gasteiger partial charge >= 0.3 is 11.9 Å². The molecule has 1 rings (SSSR count). The number of halogens is 1. The minimum atomic E-state index is -1.45. The fourth-order valence-electron chi connectivity index (χ4n) is 2.11. The lowest BCUT2D eigenvalue weighted by molar-refractivity contribution is -0.156. The number of hydrogen-bond donors (Lipinski definition) is 2. The van der Waals surface area contributed by atoms with Gasteiger partial charge in [-0.1, -0.05) is 17.7 Å². The van der Waals surface area contributed by atoms with E-state index < -0.39 is 23.3 Å². The van der Waals surface area contributed by atoms with Gasteiger partial charge in [0.2, 0.25) is 0 Å². The van der Waals surface area contributed by atoms with Crippen LogP contribution in [0.1, 0.15) is 20.8 Å². The van der Waals surface area contributed by atoms with Gasteiger partial charge in [0, 0.05) is 5.03 Å². The molecule has 0 saturated heterocycles. The highest BCUT2D eigenvalue weighted by Gasteiger charge is 2.48. The molecule has 2 N–H and O–H groups in total. The Balaban J connectivity index is 3.43. The second-order valence-electron chi connectivity index (χ2n) is 4.18. The standard InChI is InChI=1S/C11H13ClO4/c1-5-4-11(3,10(15)16)7(9(13)14)6(2)8(5)12/h4,7H,1-3H3,(H,13,14)(H,15,16). The highest BCUT2D eigenvalue weighted by molar-refractivity contribution is 6.32. The number of hydrogen-bond acceptors (Lipinski definition) is 2. The lowest BCUT2D eigenvalue weighted by Gasteiger charge is -2.33. The summed E-state index contributed by atoms with van der Waals surface area (Å²) in [5.41, 5.74) is -0.459. The molecule has 0 spiro atoms. The van der Waals surface area contributed by atoms with E-state index in [1.807, 2.05) is 0 Å². The van der Waals surface area contributed by atoms with E-state index in [0.717, 1.165) is 0 Å². The van der Waals surface area contributed by atoms with Crippen LogP contribution in [0.2, 0.25) is 0 Å². The van der Waals surface area contributed by atoms with Crippen LogP contribution in [0.4, 0.5) is 0 Å². The summed E-state index contributed by atoms with van der Waals surface area (Å²) in [7, 11) is 0. The summed E-state index contributed by atoms with van der Waals surface area (Å²) in [5, 5.41) is 18.6. The monoisotopic (exact) mass is 244 g/mol. The number of allylic oxidation sites excluding steroid dienone is 2. The smallest absolute Gasteiger partial charge is 0.314 e. The number of carboxylic acids is 2. The fourth-order valence-corrected chi connectivity index (χ4v) is 2.27. The molecule has 4 nitrogen and oxygen atoms in total. The quantitative estimate of drug-likeness (QED) is 0.781. The van der Waals surface area contributed by atoms with Crippen LogP contribution in [-0.2, 0) is 9.59 Å². The maximum atomic E-state index is 11.2. The topological polar surface area (TPSA) is 74.6 Å². The van der Waals surface area contributed by atoms with Gasteiger partial charge in [-0.2, -0.15) is 0 Å². The van der Waals surface area contributed by atoms with Crippen LogP contribution in [-0.4, -0.2) is 22.2 Å². The van der Waals surface area contributed by atoms with Gasteiger partial charge in [0.05, 0.1) is 5.92 Å². The molecule has 2 unspecified atom stereocenters. The number of carboxylic acid groups (broad SMARTS) is 2. The van der Waals surface area contributed by atoms with Crippen molar-refractivity contribution in [3.63, 3.8) is 0 Å². The molecule has 0 aromatic carbocycles. The van der Waals surface area contributed by atoms with Crippen molar-refractivity contribution in [3.8, 4) is 0 Å². The minimum Gasteiger partial charge on any atom is -0.481 e. The molecule has 0 saturated carbocycles. The predicted octanol–water partition coefficient (Wildman–Crippen LogP) is 2.25. The Morgan fingerprint density at radius 3 is 2.25 bits per heavy atom. The van der Waals surface area contributed by atoms with E-state index in [2.05, 4.69) is 0 Å². The Kier molecular flexibility index (Phi) is 3.15. The molecule has 0 aromatic rings. The molecule has 0 bridgehead atoms. The molecule has 88 valence electrons. The van der Waals surface area contributed by atoms with Gasteiger partial charge in [0.25, 0.3) is 0 Å². The van der Waals surface area contributed by atoms with E-state index in [4.69, 9.17) is 21.8 Å². The minimum absolute atomic E-state index is 0.339. The van der Waals surface area contributed by atoms with E-state index in [0.29, 0.717) is 16.2 Å². The molecule has 1 aliphatic carbocycles. The van der Waals surface area contributed by atoms with Gasteiger partial charge in [-0.3, -0.25) is 9.59 Å². The van der Waals surface area contributed by atoms with Crippen LogP contribution in [0.15, 0.2) is 22.3 Å². The summed E-state index contributed by atoms with van der Waals surface area (Å²) in [6.07, 6.45) is 1.41. The first-order chi connectivity index (χ1) is 7.21. The largest absolute Gasteiger partial charge is 0.481 e. The van der Waals surface area contributed by atoms with Crippen molar-refractivity contribution in [2.24, 2.45) is 11.3 Å². The molecule has 0 heterocycles. The van der Waals surface area contributed by atoms with Gasteiger partial charge < -0.3 is 10.2 Å². The molecule has 0 radical (unpaired) electrons. The average Bonchev–Trinajstić information content (AvgIpc) is 2.13. The maximum absolute atomic E-state index is 11.2. The van der Waals surface area contributed by atoms with Crippen molar-refractivity contribution in [3.05, 3.63) is 22.3 Å². The van der Waals surface area contributed by atoms with Crippen molar-refractivity contribution in [2.75, 3.05) is 0 Å². The first kappa shape index (κ1) is 12.8. The zero-order valence-electron chi connectivity index (χ0n) is 9.24. The van der Waals surface area contributed by atoms with Crippen LogP contribution >= 0.6 is 11.6 Å². The van der Waals surface area contributed by atoms with E-state index in [1.165, 1.54) is 13.0 Å². The van der Waals surface area contributed by atoms with Crippen LogP contribution in [0.25, 0.3) is 0 Å². The van der Waals surface area contributed by atoms with Crippen molar-refractivity contribution < 1.29 is 19.8 Å². The third-order valence-electron chi connectivity index (χ3n) is 2.95. The van der Waals surface area contributed by atoms with Crippen LogP contribution in [0.3, 0.4) is 0 Å². The number of carbonyl (C=O) groups is 2. The van der Waals surface area contributed by atoms with Crippen LogP contribution < -0.4 is 0 Å². The SMILES string of the molecule is CC1=CC(C)(C(=O)O)C(C(=O)O)C(C)=C1Cl. The molecule has 0 aromatic heterocycles.